The predicted octanol–water partition coefficient (Wildman–Crippen LogP) is 1.30. The first-order valence-corrected chi connectivity index (χ1v) is 9.19. The van der Waals surface area contributed by atoms with E-state index >= 15 is 0 Å². The number of rotatable bonds is 6. The Bertz CT molecular complexity index is 564. The van der Waals surface area contributed by atoms with Gasteiger partial charge in [0.1, 0.15) is 0 Å². The Morgan fingerprint density at radius 1 is 0.810 bits per heavy atom. The molecular formula is C16H20N2O2Te. The maximum atomic E-state index is 6.01. The van der Waals surface area contributed by atoms with E-state index in [1.54, 1.807) is 0 Å². The molecule has 0 heterocycles. The predicted molar refractivity (Wildman–Crippen MR) is 89.1 cm³/mol. The summed E-state index contributed by atoms with van der Waals surface area (Å²) < 4.78 is 13.4. The summed E-state index contributed by atoms with van der Waals surface area (Å²) >= 11 is -0.520. The summed E-state index contributed by atoms with van der Waals surface area (Å²) in [6, 6.07) is 12.0. The summed E-state index contributed by atoms with van der Waals surface area (Å²) in [5.41, 5.74) is 13.4. The van der Waals surface area contributed by atoms with Crippen molar-refractivity contribution in [1.29, 1.82) is 0 Å². The monoisotopic (exact) mass is 402 g/mol. The van der Waals surface area contributed by atoms with Crippen LogP contribution in [0.5, 0.6) is 11.5 Å². The van der Waals surface area contributed by atoms with E-state index in [0.717, 1.165) is 11.5 Å². The molecule has 0 amide bonds. The Kier molecular flexibility index (Phi) is 5.60. The fourth-order valence-electron chi connectivity index (χ4n) is 1.89. The molecule has 0 atom stereocenters. The minimum absolute atomic E-state index is 0.520. The Morgan fingerprint density at radius 2 is 1.24 bits per heavy atom. The minimum atomic E-state index is -0.520. The number of nitrogens with two attached hydrogens (primary N) is 2. The molecule has 4 N–H and O–H groups in total. The zero-order valence-corrected chi connectivity index (χ0v) is 14.6. The van der Waals surface area contributed by atoms with Gasteiger partial charge in [-0.05, 0) is 0 Å². The molecule has 2 rings (SSSR count). The zero-order chi connectivity index (χ0) is 15.2. The van der Waals surface area contributed by atoms with E-state index in [9.17, 15) is 0 Å². The van der Waals surface area contributed by atoms with Gasteiger partial charge in [0, 0.05) is 0 Å². The Balaban J connectivity index is 2.14. The molecule has 0 aliphatic rings. The van der Waals surface area contributed by atoms with Crippen molar-refractivity contribution in [3.8, 4) is 11.5 Å². The summed E-state index contributed by atoms with van der Waals surface area (Å²) in [5.74, 6) is 1.50. The van der Waals surface area contributed by atoms with Crippen molar-refractivity contribution in [3.63, 3.8) is 0 Å². The molecule has 0 spiro atoms. The second kappa shape index (κ2) is 7.44. The van der Waals surface area contributed by atoms with Gasteiger partial charge in [-0.25, -0.2) is 0 Å². The molecule has 4 nitrogen and oxygen atoms in total. The van der Waals surface area contributed by atoms with Gasteiger partial charge < -0.3 is 0 Å². The van der Waals surface area contributed by atoms with Crippen LogP contribution in [0.1, 0.15) is 13.8 Å². The van der Waals surface area contributed by atoms with Crippen LogP contribution in [0, 0.1) is 0 Å². The number of benzene rings is 2. The molecule has 0 fully saturated rings. The van der Waals surface area contributed by atoms with Crippen molar-refractivity contribution in [3.05, 3.63) is 36.4 Å². The summed E-state index contributed by atoms with van der Waals surface area (Å²) in [4.78, 5) is 0. The standard InChI is InChI=1S/C16H20N2O2Te/c1-3-19-15-7-5-11(9-13(15)17)21-12-6-8-16(20-4-2)14(18)10-12/h5-10H,3-4,17-18H2,1-2H3. The Hall–Kier alpha value is -1.57. The van der Waals surface area contributed by atoms with Crippen LogP contribution >= 0.6 is 0 Å². The van der Waals surface area contributed by atoms with E-state index in [0.29, 0.717) is 24.6 Å². The second-order valence-corrected chi connectivity index (χ2v) is 7.64. The molecule has 0 unspecified atom stereocenters. The van der Waals surface area contributed by atoms with Gasteiger partial charge in [0.05, 0.1) is 0 Å². The zero-order valence-electron chi connectivity index (χ0n) is 12.3. The summed E-state index contributed by atoms with van der Waals surface area (Å²) in [6.45, 7) is 5.14. The fraction of sp³-hybridized carbons (Fsp3) is 0.250. The number of ether oxygens (including phenoxy) is 2. The third kappa shape index (κ3) is 4.20. The Labute approximate surface area is 135 Å². The van der Waals surface area contributed by atoms with Crippen molar-refractivity contribution in [1.82, 2.24) is 0 Å². The van der Waals surface area contributed by atoms with Gasteiger partial charge in [0.2, 0.25) is 0 Å². The molecule has 0 aromatic heterocycles. The normalized spacial score (nSPS) is 10.4. The Morgan fingerprint density at radius 3 is 1.57 bits per heavy atom. The van der Waals surface area contributed by atoms with E-state index in [1.165, 1.54) is 7.22 Å². The molecule has 112 valence electrons. The van der Waals surface area contributed by atoms with Gasteiger partial charge in [0.15, 0.2) is 0 Å². The van der Waals surface area contributed by atoms with E-state index in [4.69, 9.17) is 20.9 Å². The van der Waals surface area contributed by atoms with E-state index in [1.807, 2.05) is 38.1 Å². The van der Waals surface area contributed by atoms with Crippen molar-refractivity contribution >= 4 is 39.5 Å². The SMILES string of the molecule is CCOc1ccc([Te]c2ccc(OCC)c(N)c2)cc1N. The topological polar surface area (TPSA) is 70.5 Å². The summed E-state index contributed by atoms with van der Waals surface area (Å²) in [5, 5.41) is 0. The molecule has 2 aromatic rings. The average molecular weight is 400 g/mol. The third-order valence-electron chi connectivity index (χ3n) is 2.80. The van der Waals surface area contributed by atoms with Gasteiger partial charge in [-0.3, -0.25) is 0 Å². The average Bonchev–Trinajstić information content (AvgIpc) is 2.45. The van der Waals surface area contributed by atoms with Crippen molar-refractivity contribution in [2.24, 2.45) is 0 Å². The van der Waals surface area contributed by atoms with Crippen molar-refractivity contribution < 1.29 is 9.47 Å². The molecule has 0 aliphatic carbocycles. The van der Waals surface area contributed by atoms with Crippen LogP contribution in [0.15, 0.2) is 36.4 Å². The molecule has 0 aliphatic heterocycles. The van der Waals surface area contributed by atoms with Gasteiger partial charge in [-0.15, -0.1) is 0 Å². The van der Waals surface area contributed by atoms with Crippen molar-refractivity contribution in [2.75, 3.05) is 24.7 Å². The third-order valence-corrected chi connectivity index (χ3v) is 5.59. The van der Waals surface area contributed by atoms with Crippen LogP contribution in [0.4, 0.5) is 11.4 Å². The van der Waals surface area contributed by atoms with Gasteiger partial charge in [-0.1, -0.05) is 0 Å². The van der Waals surface area contributed by atoms with Gasteiger partial charge in [-0.2, -0.15) is 0 Å². The second-order valence-electron chi connectivity index (χ2n) is 4.37. The molecule has 0 radical (unpaired) electrons. The van der Waals surface area contributed by atoms with Crippen molar-refractivity contribution in [2.45, 2.75) is 13.8 Å². The molecule has 21 heavy (non-hydrogen) atoms. The first-order chi connectivity index (χ1) is 10.1. The first-order valence-electron chi connectivity index (χ1n) is 6.86. The molecule has 0 bridgehead atoms. The van der Waals surface area contributed by atoms with Gasteiger partial charge in [0.25, 0.3) is 0 Å². The number of nitrogen functional groups attached to an aromatic ring is 2. The number of hydrogen-bond acceptors (Lipinski definition) is 4. The molecular weight excluding hydrogens is 380 g/mol. The van der Waals surface area contributed by atoms with Crippen LogP contribution in [-0.4, -0.2) is 34.1 Å². The number of hydrogen-bond donors (Lipinski definition) is 2. The van der Waals surface area contributed by atoms with Crippen LogP contribution in [0.3, 0.4) is 0 Å². The van der Waals surface area contributed by atoms with Crippen LogP contribution in [0.25, 0.3) is 0 Å². The number of anilines is 2. The van der Waals surface area contributed by atoms with Crippen LogP contribution in [0.2, 0.25) is 0 Å². The molecule has 0 saturated carbocycles. The van der Waals surface area contributed by atoms with Gasteiger partial charge >= 0.3 is 135 Å². The first kappa shape index (κ1) is 15.8. The fourth-order valence-corrected chi connectivity index (χ4v) is 4.50. The summed E-state index contributed by atoms with van der Waals surface area (Å²) in [6.07, 6.45) is 0. The quantitative estimate of drug-likeness (QED) is 0.567. The van der Waals surface area contributed by atoms with Crippen LogP contribution < -0.4 is 28.2 Å². The van der Waals surface area contributed by atoms with E-state index < -0.39 is 20.9 Å². The molecule has 5 heteroatoms. The maximum absolute atomic E-state index is 6.01. The summed E-state index contributed by atoms with van der Waals surface area (Å²) in [7, 11) is 0. The van der Waals surface area contributed by atoms with Crippen LogP contribution in [-0.2, 0) is 0 Å². The van der Waals surface area contributed by atoms with E-state index in [2.05, 4.69) is 12.1 Å². The van der Waals surface area contributed by atoms with E-state index in [-0.39, 0.29) is 0 Å². The molecule has 0 saturated heterocycles. The molecule has 2 aromatic carbocycles.